The Kier molecular flexibility index (Phi) is 56.7. The minimum Gasteiger partial charge on any atom is -0.430 e. The summed E-state index contributed by atoms with van der Waals surface area (Å²) in [5.74, 6) is 1.10. The van der Waals surface area contributed by atoms with E-state index in [1.807, 2.05) is 0 Å². The minimum atomic E-state index is 0.0300. The van der Waals surface area contributed by atoms with E-state index < -0.39 is 0 Å². The summed E-state index contributed by atoms with van der Waals surface area (Å²) in [5, 5.41) is 0. The van der Waals surface area contributed by atoms with Gasteiger partial charge in [0.25, 0.3) is 0 Å². The number of rotatable bonds is 62. The van der Waals surface area contributed by atoms with Crippen molar-refractivity contribution in [2.24, 2.45) is 5.92 Å². The van der Waals surface area contributed by atoms with E-state index in [-0.39, 0.29) is 11.9 Å². The highest BCUT2D eigenvalue weighted by atomic mass is 16.6. The van der Waals surface area contributed by atoms with E-state index in [1.165, 1.54) is 385 Å². The largest absolute Gasteiger partial charge is 0.430 e. The molecule has 1 heterocycles. The topological polar surface area (TPSA) is 26.3 Å². The molecule has 0 saturated carbocycles. The van der Waals surface area contributed by atoms with Gasteiger partial charge in [0.2, 0.25) is 0 Å². The van der Waals surface area contributed by atoms with Crippen LogP contribution in [0.15, 0.2) is 11.8 Å². The van der Waals surface area contributed by atoms with Gasteiger partial charge in [-0.1, -0.05) is 393 Å². The molecule has 1 saturated heterocycles. The van der Waals surface area contributed by atoms with Crippen molar-refractivity contribution in [1.29, 1.82) is 0 Å². The van der Waals surface area contributed by atoms with Gasteiger partial charge < -0.3 is 4.74 Å². The standard InChI is InChI=1S/C68H132O2/c1-3-5-7-9-11-13-15-17-19-21-23-25-27-29-31-33-35-37-39-41-43-45-47-49-51-53-55-57-59-61-63-65-67-66(68(69)70-67)64-62-60-58-56-54-52-50-48-46-44-42-40-38-36-34-32-30-28-26-24-22-20-18-16-14-12-10-8-6-4-2/h65-66H,3-64H2,1-2H3/b67-65-. The molecule has 1 fully saturated rings. The van der Waals surface area contributed by atoms with Crippen LogP contribution < -0.4 is 0 Å². The molecule has 70 heavy (non-hydrogen) atoms. The van der Waals surface area contributed by atoms with E-state index in [1.54, 1.807) is 0 Å². The fraction of sp³-hybridized carbons (Fsp3) is 0.956. The Hall–Kier alpha value is -0.790. The summed E-state index contributed by atoms with van der Waals surface area (Å²) in [4.78, 5) is 12.1. The minimum absolute atomic E-state index is 0.0300. The highest BCUT2D eigenvalue weighted by Gasteiger charge is 2.36. The first-order chi connectivity index (χ1) is 34.8. The van der Waals surface area contributed by atoms with Crippen LogP contribution in [0.5, 0.6) is 0 Å². The van der Waals surface area contributed by atoms with Crippen LogP contribution in [0.4, 0.5) is 0 Å². The van der Waals surface area contributed by atoms with Crippen molar-refractivity contribution in [2.75, 3.05) is 0 Å². The van der Waals surface area contributed by atoms with Crippen molar-refractivity contribution in [3.63, 3.8) is 0 Å². The number of ether oxygens (including phenoxy) is 1. The van der Waals surface area contributed by atoms with Gasteiger partial charge in [0, 0.05) is 0 Å². The van der Waals surface area contributed by atoms with Gasteiger partial charge in [0.1, 0.15) is 11.7 Å². The maximum Gasteiger partial charge on any atom is 0.321 e. The van der Waals surface area contributed by atoms with Crippen LogP contribution in [0.2, 0.25) is 0 Å². The Labute approximate surface area is 443 Å². The van der Waals surface area contributed by atoms with E-state index >= 15 is 0 Å². The second kappa shape index (κ2) is 59.1. The van der Waals surface area contributed by atoms with Crippen LogP contribution in [0, 0.1) is 5.92 Å². The van der Waals surface area contributed by atoms with E-state index in [4.69, 9.17) is 4.74 Å². The molecular weight excluding hydrogens is 849 g/mol. The number of esters is 1. The molecule has 1 aliphatic rings. The summed E-state index contributed by atoms with van der Waals surface area (Å²) in [6.07, 6.45) is 90.8. The number of carbonyl (C=O) groups is 1. The van der Waals surface area contributed by atoms with Gasteiger partial charge in [-0.2, -0.15) is 0 Å². The van der Waals surface area contributed by atoms with Crippen LogP contribution in [0.25, 0.3) is 0 Å². The molecule has 1 rings (SSSR count). The van der Waals surface area contributed by atoms with Gasteiger partial charge in [-0.3, -0.25) is 4.79 Å². The Morgan fingerprint density at radius 3 is 0.614 bits per heavy atom. The van der Waals surface area contributed by atoms with Crippen molar-refractivity contribution in [1.82, 2.24) is 0 Å². The normalized spacial score (nSPS) is 14.3. The monoisotopic (exact) mass is 981 g/mol. The Balaban J connectivity index is 1.72. The average Bonchev–Trinajstić information content (AvgIpc) is 3.36. The quantitative estimate of drug-likeness (QED) is 0.0448. The zero-order valence-electron chi connectivity index (χ0n) is 48.8. The molecule has 1 aliphatic heterocycles. The first-order valence-electron chi connectivity index (χ1n) is 33.7. The van der Waals surface area contributed by atoms with Gasteiger partial charge in [-0.15, -0.1) is 0 Å². The molecular formula is C68H132O2. The first-order valence-corrected chi connectivity index (χ1v) is 33.7. The first kappa shape index (κ1) is 67.2. The average molecular weight is 982 g/mol. The zero-order chi connectivity index (χ0) is 50.0. The third-order valence-corrected chi connectivity index (χ3v) is 16.6. The van der Waals surface area contributed by atoms with Crippen LogP contribution in [0.1, 0.15) is 412 Å². The maximum atomic E-state index is 12.1. The van der Waals surface area contributed by atoms with Crippen LogP contribution in [-0.2, 0) is 9.53 Å². The van der Waals surface area contributed by atoms with Crippen molar-refractivity contribution in [2.45, 2.75) is 412 Å². The Bertz CT molecular complexity index is 1010. The molecule has 0 N–H and O–H groups in total. The van der Waals surface area contributed by atoms with Crippen molar-refractivity contribution in [3.05, 3.63) is 11.8 Å². The summed E-state index contributed by atoms with van der Waals surface area (Å²) < 4.78 is 5.46. The Morgan fingerprint density at radius 1 is 0.257 bits per heavy atom. The smallest absolute Gasteiger partial charge is 0.321 e. The summed E-state index contributed by atoms with van der Waals surface area (Å²) in [7, 11) is 0. The number of carbonyl (C=O) groups excluding carboxylic acids is 1. The Morgan fingerprint density at radius 2 is 0.429 bits per heavy atom. The van der Waals surface area contributed by atoms with Gasteiger partial charge in [-0.05, 0) is 25.3 Å². The lowest BCUT2D eigenvalue weighted by atomic mass is 9.93. The molecule has 0 bridgehead atoms. The van der Waals surface area contributed by atoms with Crippen LogP contribution in [-0.4, -0.2) is 5.97 Å². The summed E-state index contributed by atoms with van der Waals surface area (Å²) in [6.45, 7) is 4.62. The van der Waals surface area contributed by atoms with Gasteiger partial charge in [-0.25, -0.2) is 0 Å². The highest BCUT2D eigenvalue weighted by molar-refractivity contribution is 5.82. The van der Waals surface area contributed by atoms with E-state index in [0.29, 0.717) is 0 Å². The summed E-state index contributed by atoms with van der Waals surface area (Å²) >= 11 is 0. The van der Waals surface area contributed by atoms with Crippen molar-refractivity contribution in [3.8, 4) is 0 Å². The van der Waals surface area contributed by atoms with E-state index in [2.05, 4.69) is 19.9 Å². The molecule has 0 aliphatic carbocycles. The molecule has 0 spiro atoms. The van der Waals surface area contributed by atoms with E-state index in [9.17, 15) is 4.79 Å². The fourth-order valence-electron chi connectivity index (χ4n) is 11.5. The molecule has 2 nitrogen and oxygen atoms in total. The second-order valence-electron chi connectivity index (χ2n) is 23.7. The molecule has 1 unspecified atom stereocenters. The lowest BCUT2D eigenvalue weighted by molar-refractivity contribution is -0.157. The van der Waals surface area contributed by atoms with Gasteiger partial charge >= 0.3 is 5.97 Å². The second-order valence-corrected chi connectivity index (χ2v) is 23.7. The summed E-state index contributed by atoms with van der Waals surface area (Å²) in [5.41, 5.74) is 0. The van der Waals surface area contributed by atoms with E-state index in [0.717, 1.165) is 18.6 Å². The predicted molar refractivity (Wildman–Crippen MR) is 315 cm³/mol. The molecule has 0 radical (unpaired) electrons. The molecule has 0 aromatic carbocycles. The van der Waals surface area contributed by atoms with Crippen molar-refractivity contribution < 1.29 is 9.53 Å². The third-order valence-electron chi connectivity index (χ3n) is 16.6. The predicted octanol–water partition coefficient (Wildman–Crippen LogP) is 25.3. The molecule has 0 amide bonds. The van der Waals surface area contributed by atoms with Crippen LogP contribution in [0.3, 0.4) is 0 Å². The van der Waals surface area contributed by atoms with Gasteiger partial charge in [0.05, 0.1) is 0 Å². The molecule has 1 atom stereocenters. The SMILES string of the molecule is CCCCCCCCCCCCCCCCCCCCCCCCCCCCCCCC/C=C1\OC(=O)C1CCCCCCCCCCCCCCCCCCCCCCCCCCCCCCCC. The fourth-order valence-corrected chi connectivity index (χ4v) is 11.5. The van der Waals surface area contributed by atoms with Gasteiger partial charge in [0.15, 0.2) is 0 Å². The lowest BCUT2D eigenvalue weighted by Gasteiger charge is -2.28. The maximum absolute atomic E-state index is 12.1. The van der Waals surface area contributed by atoms with Crippen LogP contribution >= 0.6 is 0 Å². The number of hydrogen-bond acceptors (Lipinski definition) is 2. The number of allylic oxidation sites excluding steroid dienone is 1. The lowest BCUT2D eigenvalue weighted by Crippen LogP contribution is -2.32. The number of hydrogen-bond donors (Lipinski definition) is 0. The van der Waals surface area contributed by atoms with Crippen molar-refractivity contribution >= 4 is 5.97 Å². The molecule has 0 aromatic rings. The zero-order valence-corrected chi connectivity index (χ0v) is 48.8. The number of cyclic esters (lactones) is 1. The molecule has 416 valence electrons. The summed E-state index contributed by atoms with van der Waals surface area (Å²) in [6, 6.07) is 0. The molecule has 0 aromatic heterocycles. The highest BCUT2D eigenvalue weighted by Crippen LogP contribution is 2.32. The number of unbranched alkanes of at least 4 members (excludes halogenated alkanes) is 59. The third kappa shape index (κ3) is 50.7. The molecule has 2 heteroatoms.